The molecular formula is C16H10Cl2N2. The van der Waals surface area contributed by atoms with E-state index >= 15 is 0 Å². The van der Waals surface area contributed by atoms with Crippen molar-refractivity contribution in [3.63, 3.8) is 0 Å². The first-order chi connectivity index (χ1) is 9.75. The molecular weight excluding hydrogens is 291 g/mol. The van der Waals surface area contributed by atoms with Crippen LogP contribution in [0, 0.1) is 0 Å². The highest BCUT2D eigenvalue weighted by Crippen LogP contribution is 2.33. The molecule has 0 atom stereocenters. The average molecular weight is 301 g/mol. The van der Waals surface area contributed by atoms with E-state index in [0.717, 1.165) is 22.4 Å². The lowest BCUT2D eigenvalue weighted by molar-refractivity contribution is 1.17. The topological polar surface area (TPSA) is 25.8 Å². The largest absolute Gasteiger partial charge is 0.244 e. The lowest BCUT2D eigenvalue weighted by Gasteiger charge is -2.09. The Morgan fingerprint density at radius 1 is 0.800 bits per heavy atom. The Labute approximate surface area is 127 Å². The van der Waals surface area contributed by atoms with Gasteiger partial charge in [-0.15, -0.1) is 0 Å². The lowest BCUT2D eigenvalue weighted by Crippen LogP contribution is -1.91. The predicted molar refractivity (Wildman–Crippen MR) is 82.9 cm³/mol. The van der Waals surface area contributed by atoms with Gasteiger partial charge in [0, 0.05) is 27.4 Å². The summed E-state index contributed by atoms with van der Waals surface area (Å²) in [6, 6.07) is 15.2. The van der Waals surface area contributed by atoms with Crippen LogP contribution in [-0.2, 0) is 0 Å². The highest BCUT2D eigenvalue weighted by atomic mass is 35.5. The molecule has 2 nitrogen and oxygen atoms in total. The molecule has 1 aromatic heterocycles. The summed E-state index contributed by atoms with van der Waals surface area (Å²) in [6.07, 6.45) is 3.31. The van der Waals surface area contributed by atoms with Gasteiger partial charge in [0.25, 0.3) is 0 Å². The third-order valence-corrected chi connectivity index (χ3v) is 3.58. The molecule has 0 aliphatic heterocycles. The second-order valence-corrected chi connectivity index (χ2v) is 5.12. The van der Waals surface area contributed by atoms with Crippen molar-refractivity contribution in [1.29, 1.82) is 0 Å². The maximum Gasteiger partial charge on any atom is 0.116 e. The first-order valence-corrected chi connectivity index (χ1v) is 6.82. The molecule has 3 aromatic rings. The molecule has 3 rings (SSSR count). The molecule has 20 heavy (non-hydrogen) atoms. The second-order valence-electron chi connectivity index (χ2n) is 4.27. The number of hydrogen-bond donors (Lipinski definition) is 0. The predicted octanol–water partition coefficient (Wildman–Crippen LogP) is 5.12. The maximum absolute atomic E-state index is 6.26. The zero-order valence-electron chi connectivity index (χ0n) is 10.4. The third-order valence-electron chi connectivity index (χ3n) is 3.00. The number of nitrogens with zero attached hydrogens (tertiary/aromatic N) is 2. The second kappa shape index (κ2) is 5.61. The Balaban J connectivity index is 2.19. The molecule has 0 radical (unpaired) electrons. The van der Waals surface area contributed by atoms with E-state index in [4.69, 9.17) is 23.2 Å². The summed E-state index contributed by atoms with van der Waals surface area (Å²) in [5.74, 6) is 0. The van der Waals surface area contributed by atoms with Crippen LogP contribution < -0.4 is 0 Å². The highest BCUT2D eigenvalue weighted by Gasteiger charge is 2.11. The van der Waals surface area contributed by atoms with Crippen LogP contribution in [0.4, 0.5) is 0 Å². The van der Waals surface area contributed by atoms with Crippen molar-refractivity contribution in [3.8, 4) is 22.4 Å². The van der Waals surface area contributed by atoms with Gasteiger partial charge in [-0.1, -0.05) is 53.5 Å². The van der Waals surface area contributed by atoms with Gasteiger partial charge in [-0.3, -0.25) is 0 Å². The van der Waals surface area contributed by atoms with Gasteiger partial charge in [0.15, 0.2) is 0 Å². The number of aromatic nitrogens is 2. The molecule has 0 unspecified atom stereocenters. The Morgan fingerprint density at radius 3 is 2.30 bits per heavy atom. The Hall–Kier alpha value is -1.90. The molecule has 0 spiro atoms. The molecule has 2 aromatic carbocycles. The van der Waals surface area contributed by atoms with Gasteiger partial charge < -0.3 is 0 Å². The van der Waals surface area contributed by atoms with Gasteiger partial charge in [-0.25, -0.2) is 9.97 Å². The monoisotopic (exact) mass is 300 g/mol. The average Bonchev–Trinajstić information content (AvgIpc) is 2.49. The summed E-state index contributed by atoms with van der Waals surface area (Å²) in [5, 5.41) is 1.37. The summed E-state index contributed by atoms with van der Waals surface area (Å²) in [4.78, 5) is 8.49. The number of rotatable bonds is 2. The Morgan fingerprint density at radius 2 is 1.55 bits per heavy atom. The molecule has 0 N–H and O–H groups in total. The summed E-state index contributed by atoms with van der Waals surface area (Å²) < 4.78 is 0. The van der Waals surface area contributed by atoms with Crippen molar-refractivity contribution in [1.82, 2.24) is 9.97 Å². The quantitative estimate of drug-likeness (QED) is 0.656. The summed E-state index contributed by atoms with van der Waals surface area (Å²) in [5.41, 5.74) is 3.64. The summed E-state index contributed by atoms with van der Waals surface area (Å²) >= 11 is 12.2. The minimum Gasteiger partial charge on any atom is -0.244 e. The zero-order chi connectivity index (χ0) is 13.9. The Bertz CT molecular complexity index is 739. The van der Waals surface area contributed by atoms with Crippen molar-refractivity contribution >= 4 is 23.2 Å². The van der Waals surface area contributed by atoms with E-state index in [1.165, 1.54) is 6.33 Å². The van der Waals surface area contributed by atoms with Crippen molar-refractivity contribution < 1.29 is 0 Å². The molecule has 0 aliphatic rings. The van der Waals surface area contributed by atoms with E-state index in [2.05, 4.69) is 9.97 Å². The van der Waals surface area contributed by atoms with E-state index in [1.54, 1.807) is 6.20 Å². The third kappa shape index (κ3) is 2.53. The maximum atomic E-state index is 6.26. The van der Waals surface area contributed by atoms with E-state index in [9.17, 15) is 0 Å². The van der Waals surface area contributed by atoms with E-state index in [1.807, 2.05) is 48.5 Å². The van der Waals surface area contributed by atoms with Crippen molar-refractivity contribution in [2.45, 2.75) is 0 Å². The van der Waals surface area contributed by atoms with Gasteiger partial charge in [0.05, 0.1) is 5.69 Å². The minimum absolute atomic E-state index is 0.668. The van der Waals surface area contributed by atoms with Gasteiger partial charge in [-0.05, 0) is 23.8 Å². The molecule has 0 bridgehead atoms. The molecule has 0 saturated carbocycles. The molecule has 4 heteroatoms. The highest BCUT2D eigenvalue weighted by molar-refractivity contribution is 6.33. The van der Waals surface area contributed by atoms with Gasteiger partial charge in [-0.2, -0.15) is 0 Å². The van der Waals surface area contributed by atoms with E-state index in [0.29, 0.717) is 10.0 Å². The van der Waals surface area contributed by atoms with Crippen molar-refractivity contribution in [3.05, 3.63) is 71.1 Å². The fourth-order valence-corrected chi connectivity index (χ4v) is 2.39. The molecule has 0 fully saturated rings. The van der Waals surface area contributed by atoms with Gasteiger partial charge in [0.1, 0.15) is 6.33 Å². The molecule has 98 valence electrons. The van der Waals surface area contributed by atoms with Crippen LogP contribution in [0.2, 0.25) is 10.0 Å². The lowest BCUT2D eigenvalue weighted by atomic mass is 10.0. The normalized spacial score (nSPS) is 10.5. The van der Waals surface area contributed by atoms with Crippen LogP contribution in [-0.4, -0.2) is 9.97 Å². The van der Waals surface area contributed by atoms with Crippen LogP contribution in [0.5, 0.6) is 0 Å². The van der Waals surface area contributed by atoms with Crippen molar-refractivity contribution in [2.24, 2.45) is 0 Å². The fourth-order valence-electron chi connectivity index (χ4n) is 2.04. The van der Waals surface area contributed by atoms with Crippen molar-refractivity contribution in [2.75, 3.05) is 0 Å². The van der Waals surface area contributed by atoms with Crippen LogP contribution in [0.15, 0.2) is 61.1 Å². The van der Waals surface area contributed by atoms with E-state index < -0.39 is 0 Å². The smallest absolute Gasteiger partial charge is 0.116 e. The molecule has 1 heterocycles. The molecule has 0 amide bonds. The van der Waals surface area contributed by atoms with Crippen LogP contribution >= 0.6 is 23.2 Å². The first kappa shape index (κ1) is 13.1. The SMILES string of the molecule is Clc1ccc(-c2cncnc2-c2ccccc2Cl)cc1. The van der Waals surface area contributed by atoms with Crippen LogP contribution in [0.25, 0.3) is 22.4 Å². The number of benzene rings is 2. The van der Waals surface area contributed by atoms with Crippen LogP contribution in [0.3, 0.4) is 0 Å². The standard InChI is InChI=1S/C16H10Cl2N2/c17-12-7-5-11(6-8-12)14-9-19-10-20-16(14)13-3-1-2-4-15(13)18/h1-10H. The number of halogens is 2. The minimum atomic E-state index is 0.668. The number of hydrogen-bond acceptors (Lipinski definition) is 2. The molecule has 0 aliphatic carbocycles. The molecule has 0 saturated heterocycles. The fraction of sp³-hybridized carbons (Fsp3) is 0. The first-order valence-electron chi connectivity index (χ1n) is 6.06. The zero-order valence-corrected chi connectivity index (χ0v) is 11.9. The van der Waals surface area contributed by atoms with Gasteiger partial charge >= 0.3 is 0 Å². The van der Waals surface area contributed by atoms with E-state index in [-0.39, 0.29) is 0 Å². The van der Waals surface area contributed by atoms with Gasteiger partial charge in [0.2, 0.25) is 0 Å². The summed E-state index contributed by atoms with van der Waals surface area (Å²) in [7, 11) is 0. The van der Waals surface area contributed by atoms with Crippen LogP contribution in [0.1, 0.15) is 0 Å². The Kier molecular flexibility index (Phi) is 3.68. The summed E-state index contributed by atoms with van der Waals surface area (Å²) in [6.45, 7) is 0.